The molecule has 134 valence electrons. The van der Waals surface area contributed by atoms with E-state index in [4.69, 9.17) is 15.9 Å². The van der Waals surface area contributed by atoms with Crippen molar-refractivity contribution in [1.29, 1.82) is 0 Å². The van der Waals surface area contributed by atoms with Gasteiger partial charge < -0.3 is 19.1 Å². The second-order valence-electron chi connectivity index (χ2n) is 8.16. The standard InChI is InChI=1S/C22H23NO3/c1-4-5-11-23(2)12-10-22-15-7-9-18(25-3)21(22)26-20-17(24)8-6-14(19(20)22)13-16(15)23/h1,6-9,16,21H,5,10-13H2,2-3H3/p+1. The minimum atomic E-state index is -0.208. The van der Waals surface area contributed by atoms with Crippen molar-refractivity contribution in [3.05, 3.63) is 46.7 Å². The molecule has 1 aromatic carbocycles. The molecule has 2 bridgehead atoms. The monoisotopic (exact) mass is 350 g/mol. The Kier molecular flexibility index (Phi) is 3.10. The molecule has 0 aromatic heterocycles. The van der Waals surface area contributed by atoms with Crippen LogP contribution in [0.25, 0.3) is 0 Å². The van der Waals surface area contributed by atoms with Crippen LogP contribution in [0.15, 0.2) is 35.6 Å². The number of nitrogens with zero attached hydrogens (tertiary/aromatic N) is 1. The minimum Gasteiger partial charge on any atom is -0.504 e. The molecule has 26 heavy (non-hydrogen) atoms. The maximum absolute atomic E-state index is 10.5. The van der Waals surface area contributed by atoms with Crippen LogP contribution in [0.3, 0.4) is 0 Å². The van der Waals surface area contributed by atoms with Crippen molar-refractivity contribution < 1.29 is 19.1 Å². The molecule has 0 radical (unpaired) electrons. The minimum absolute atomic E-state index is 0.182. The summed E-state index contributed by atoms with van der Waals surface area (Å²) < 4.78 is 13.0. The highest BCUT2D eigenvalue weighted by Gasteiger charge is 2.65. The third kappa shape index (κ3) is 1.70. The van der Waals surface area contributed by atoms with Gasteiger partial charge in [0.25, 0.3) is 0 Å². The topological polar surface area (TPSA) is 38.7 Å². The summed E-state index contributed by atoms with van der Waals surface area (Å²) in [6.45, 7) is 2.04. The van der Waals surface area contributed by atoms with E-state index < -0.39 is 0 Å². The van der Waals surface area contributed by atoms with E-state index in [2.05, 4.69) is 31.2 Å². The summed E-state index contributed by atoms with van der Waals surface area (Å²) in [5, 5.41) is 10.5. The zero-order valence-electron chi connectivity index (χ0n) is 15.3. The molecular formula is C22H24NO3+. The van der Waals surface area contributed by atoms with Gasteiger partial charge in [0, 0.05) is 24.0 Å². The molecule has 4 nitrogen and oxygen atoms in total. The number of terminal acetylenes is 1. The van der Waals surface area contributed by atoms with Crippen LogP contribution >= 0.6 is 0 Å². The lowest BCUT2D eigenvalue weighted by Crippen LogP contribution is -2.66. The summed E-state index contributed by atoms with van der Waals surface area (Å²) in [4.78, 5) is 0. The van der Waals surface area contributed by atoms with Crippen LogP contribution in [0.4, 0.5) is 0 Å². The zero-order chi connectivity index (χ0) is 18.1. The molecule has 0 amide bonds. The molecule has 4 heteroatoms. The summed E-state index contributed by atoms with van der Waals surface area (Å²) in [7, 11) is 4.03. The van der Waals surface area contributed by atoms with E-state index in [1.165, 1.54) is 16.7 Å². The quantitative estimate of drug-likeness (QED) is 0.673. The van der Waals surface area contributed by atoms with Gasteiger partial charge in [0.05, 0.1) is 39.1 Å². The van der Waals surface area contributed by atoms with Gasteiger partial charge in [0.15, 0.2) is 17.6 Å². The van der Waals surface area contributed by atoms with E-state index in [0.29, 0.717) is 11.8 Å². The van der Waals surface area contributed by atoms with Crippen LogP contribution in [0.5, 0.6) is 11.5 Å². The van der Waals surface area contributed by atoms with Crippen LogP contribution < -0.4 is 4.74 Å². The Labute approximate surface area is 154 Å². The van der Waals surface area contributed by atoms with E-state index in [-0.39, 0.29) is 17.3 Å². The fourth-order valence-corrected chi connectivity index (χ4v) is 5.78. The first-order valence-electron chi connectivity index (χ1n) is 9.31. The number of aromatic hydroxyl groups is 1. The molecule has 0 saturated carbocycles. The van der Waals surface area contributed by atoms with Gasteiger partial charge >= 0.3 is 0 Å². The molecule has 1 aromatic rings. The summed E-state index contributed by atoms with van der Waals surface area (Å²) in [6.07, 6.45) is 12.4. The number of likely N-dealkylation sites (tertiary alicyclic amines) is 1. The summed E-state index contributed by atoms with van der Waals surface area (Å²) >= 11 is 0. The number of piperidine rings is 1. The SMILES string of the molecule is C#CCC[N+]1(C)CCC23C4=CC=C(OC)C2Oc2c(O)ccc(c23)CC41. The molecule has 1 spiro atoms. The zero-order valence-corrected chi connectivity index (χ0v) is 15.3. The first-order chi connectivity index (χ1) is 12.5. The highest BCUT2D eigenvalue weighted by Crippen LogP contribution is 2.63. The van der Waals surface area contributed by atoms with E-state index in [1.807, 2.05) is 0 Å². The summed E-state index contributed by atoms with van der Waals surface area (Å²) in [5.74, 6) is 4.55. The van der Waals surface area contributed by atoms with E-state index >= 15 is 0 Å². The number of allylic oxidation sites excluding steroid dienone is 2. The summed E-state index contributed by atoms with van der Waals surface area (Å²) in [6, 6.07) is 4.24. The molecule has 4 unspecified atom stereocenters. The van der Waals surface area contributed by atoms with Crippen LogP contribution in [0.2, 0.25) is 0 Å². The largest absolute Gasteiger partial charge is 0.504 e. The predicted molar refractivity (Wildman–Crippen MR) is 98.9 cm³/mol. The van der Waals surface area contributed by atoms with Crippen molar-refractivity contribution >= 4 is 0 Å². The maximum atomic E-state index is 10.5. The van der Waals surface area contributed by atoms with Gasteiger partial charge in [-0.3, -0.25) is 0 Å². The van der Waals surface area contributed by atoms with E-state index in [0.717, 1.165) is 42.6 Å². The van der Waals surface area contributed by atoms with Crippen molar-refractivity contribution in [1.82, 2.24) is 0 Å². The number of hydrogen-bond donors (Lipinski definition) is 1. The number of ether oxygens (including phenoxy) is 2. The van der Waals surface area contributed by atoms with Crippen molar-refractivity contribution in [2.75, 3.05) is 27.2 Å². The molecule has 1 saturated heterocycles. The predicted octanol–water partition coefficient (Wildman–Crippen LogP) is 2.66. The summed E-state index contributed by atoms with van der Waals surface area (Å²) in [5.41, 5.74) is 3.70. The van der Waals surface area contributed by atoms with E-state index in [1.54, 1.807) is 13.2 Å². The number of likely N-dealkylation sites (N-methyl/N-ethyl adjacent to an activating group) is 1. The Morgan fingerprint density at radius 2 is 2.27 bits per heavy atom. The van der Waals surface area contributed by atoms with Crippen molar-refractivity contribution in [2.45, 2.75) is 36.8 Å². The van der Waals surface area contributed by atoms with Crippen molar-refractivity contribution in [2.24, 2.45) is 0 Å². The Morgan fingerprint density at radius 3 is 3.04 bits per heavy atom. The van der Waals surface area contributed by atoms with Gasteiger partial charge in [0.1, 0.15) is 11.8 Å². The van der Waals surface area contributed by atoms with Crippen LogP contribution in [-0.2, 0) is 16.6 Å². The highest BCUT2D eigenvalue weighted by molar-refractivity contribution is 5.66. The maximum Gasteiger partial charge on any atom is 0.169 e. The lowest BCUT2D eigenvalue weighted by molar-refractivity contribution is -0.933. The average Bonchev–Trinajstić information content (AvgIpc) is 3.00. The number of hydrogen-bond acceptors (Lipinski definition) is 3. The molecule has 2 aliphatic heterocycles. The Balaban J connectivity index is 1.75. The number of phenolic OH excluding ortho intramolecular Hbond substituents is 1. The van der Waals surface area contributed by atoms with Gasteiger partial charge in [-0.1, -0.05) is 12.1 Å². The fraction of sp³-hybridized carbons (Fsp3) is 0.455. The first kappa shape index (κ1) is 15.8. The van der Waals surface area contributed by atoms with Crippen LogP contribution in [0.1, 0.15) is 24.0 Å². The van der Waals surface area contributed by atoms with Gasteiger partial charge in [-0.25, -0.2) is 0 Å². The average molecular weight is 350 g/mol. The van der Waals surface area contributed by atoms with Gasteiger partial charge in [-0.15, -0.1) is 12.3 Å². The van der Waals surface area contributed by atoms with Crippen LogP contribution in [0, 0.1) is 12.3 Å². The fourth-order valence-electron chi connectivity index (χ4n) is 5.78. The number of quaternary nitrogens is 1. The second kappa shape index (κ2) is 5.08. The lowest BCUT2D eigenvalue weighted by atomic mass is 9.56. The van der Waals surface area contributed by atoms with Crippen molar-refractivity contribution in [3.8, 4) is 23.8 Å². The number of rotatable bonds is 3. The smallest absolute Gasteiger partial charge is 0.169 e. The Bertz CT molecular complexity index is 909. The lowest BCUT2D eigenvalue weighted by Gasteiger charge is -2.56. The third-order valence-electron chi connectivity index (χ3n) is 7.10. The molecule has 5 rings (SSSR count). The van der Waals surface area contributed by atoms with Crippen molar-refractivity contribution in [3.63, 3.8) is 0 Å². The highest BCUT2D eigenvalue weighted by atomic mass is 16.5. The Hall–Kier alpha value is -2.38. The molecule has 4 atom stereocenters. The van der Waals surface area contributed by atoms with Gasteiger partial charge in [-0.05, 0) is 17.7 Å². The first-order valence-corrected chi connectivity index (χ1v) is 9.31. The number of methoxy groups -OCH3 is 1. The Morgan fingerprint density at radius 1 is 1.42 bits per heavy atom. The second-order valence-corrected chi connectivity index (χ2v) is 8.16. The molecule has 2 heterocycles. The van der Waals surface area contributed by atoms with Crippen LogP contribution in [-0.4, -0.2) is 49.0 Å². The number of phenols is 1. The third-order valence-corrected chi connectivity index (χ3v) is 7.10. The normalized spacial score (nSPS) is 35.6. The molecule has 1 N–H and O–H groups in total. The molecular weight excluding hydrogens is 326 g/mol. The van der Waals surface area contributed by atoms with Gasteiger partial charge in [0.2, 0.25) is 0 Å². The van der Waals surface area contributed by atoms with Gasteiger partial charge in [-0.2, -0.15) is 0 Å². The molecule has 4 aliphatic rings. The van der Waals surface area contributed by atoms with E-state index in [9.17, 15) is 5.11 Å². The number of benzene rings is 1. The molecule has 2 aliphatic carbocycles. The molecule has 1 fully saturated rings.